The number of likely N-dealkylation sites (N-methyl/N-ethyl adjacent to an activating group) is 1. The van der Waals surface area contributed by atoms with E-state index in [2.05, 4.69) is 5.32 Å². The maximum Gasteiger partial charge on any atom is 0.123 e. The van der Waals surface area contributed by atoms with E-state index in [1.54, 1.807) is 19.2 Å². The van der Waals surface area contributed by atoms with Crippen LogP contribution in [-0.4, -0.2) is 18.7 Å². The van der Waals surface area contributed by atoms with Crippen molar-refractivity contribution in [2.45, 2.75) is 18.9 Å². The molecule has 1 atom stereocenters. The first-order valence-electron chi connectivity index (χ1n) is 4.75. The van der Waals surface area contributed by atoms with Crippen LogP contribution in [-0.2, 0) is 5.60 Å². The van der Waals surface area contributed by atoms with E-state index >= 15 is 0 Å². The van der Waals surface area contributed by atoms with Crippen LogP contribution in [0.2, 0.25) is 0 Å². The van der Waals surface area contributed by atoms with Gasteiger partial charge in [-0.15, -0.1) is 0 Å². The molecule has 0 saturated heterocycles. The molecule has 1 rings (SSSR count). The second-order valence-electron chi connectivity index (χ2n) is 3.42. The Labute approximate surface area is 83.8 Å². The molecule has 0 aliphatic rings. The zero-order chi connectivity index (χ0) is 10.6. The molecular formula is C11H16FNO. The molecule has 0 radical (unpaired) electrons. The predicted octanol–water partition coefficient (Wildman–Crippen LogP) is 1.64. The van der Waals surface area contributed by atoms with Gasteiger partial charge in [0.1, 0.15) is 11.4 Å². The van der Waals surface area contributed by atoms with Gasteiger partial charge in [0.15, 0.2) is 0 Å². The zero-order valence-corrected chi connectivity index (χ0v) is 8.55. The number of hydrogen-bond donors (Lipinski definition) is 2. The minimum absolute atomic E-state index is 0.281. The third-order valence-electron chi connectivity index (χ3n) is 2.44. The highest BCUT2D eigenvalue weighted by atomic mass is 19.1. The van der Waals surface area contributed by atoms with Crippen LogP contribution in [0.3, 0.4) is 0 Å². The number of aliphatic hydroxyl groups is 1. The highest BCUT2D eigenvalue weighted by Crippen LogP contribution is 2.24. The molecule has 14 heavy (non-hydrogen) atoms. The van der Waals surface area contributed by atoms with E-state index in [9.17, 15) is 9.50 Å². The van der Waals surface area contributed by atoms with Gasteiger partial charge in [0.2, 0.25) is 0 Å². The van der Waals surface area contributed by atoms with Crippen LogP contribution >= 0.6 is 0 Å². The van der Waals surface area contributed by atoms with E-state index < -0.39 is 5.60 Å². The number of benzene rings is 1. The SMILES string of the molecule is CCC(O)(CNC)c1ccc(F)cc1. The van der Waals surface area contributed by atoms with E-state index in [4.69, 9.17) is 0 Å². The summed E-state index contributed by atoms with van der Waals surface area (Å²) in [6.45, 7) is 2.37. The van der Waals surface area contributed by atoms with Gasteiger partial charge >= 0.3 is 0 Å². The lowest BCUT2D eigenvalue weighted by Crippen LogP contribution is -2.35. The molecular weight excluding hydrogens is 181 g/mol. The number of rotatable bonds is 4. The minimum atomic E-state index is -0.900. The van der Waals surface area contributed by atoms with Gasteiger partial charge in [-0.3, -0.25) is 0 Å². The molecule has 0 spiro atoms. The van der Waals surface area contributed by atoms with Gasteiger partial charge in [-0.1, -0.05) is 19.1 Å². The lowest BCUT2D eigenvalue weighted by Gasteiger charge is -2.27. The molecule has 1 aromatic carbocycles. The summed E-state index contributed by atoms with van der Waals surface area (Å²) in [6.07, 6.45) is 0.597. The average molecular weight is 197 g/mol. The Balaban J connectivity index is 2.94. The number of hydrogen-bond acceptors (Lipinski definition) is 2. The molecule has 0 aliphatic carbocycles. The standard InChI is InChI=1S/C11H16FNO/c1-3-11(14,8-13-2)9-4-6-10(12)7-5-9/h4-7,13-14H,3,8H2,1-2H3. The summed E-state index contributed by atoms with van der Waals surface area (Å²) in [5, 5.41) is 13.1. The monoisotopic (exact) mass is 197 g/mol. The maximum atomic E-state index is 12.7. The summed E-state index contributed by atoms with van der Waals surface area (Å²) in [6, 6.07) is 5.98. The molecule has 0 amide bonds. The Bertz CT molecular complexity index is 286. The molecule has 0 bridgehead atoms. The van der Waals surface area contributed by atoms with Crippen LogP contribution in [0, 0.1) is 5.82 Å². The van der Waals surface area contributed by atoms with Crippen LogP contribution < -0.4 is 5.32 Å². The maximum absolute atomic E-state index is 12.7. The van der Waals surface area contributed by atoms with Gasteiger partial charge in [0.25, 0.3) is 0 Å². The lowest BCUT2D eigenvalue weighted by atomic mass is 9.91. The zero-order valence-electron chi connectivity index (χ0n) is 8.55. The van der Waals surface area contributed by atoms with Gasteiger partial charge in [-0.2, -0.15) is 0 Å². The summed E-state index contributed by atoms with van der Waals surface area (Å²) in [4.78, 5) is 0. The summed E-state index contributed by atoms with van der Waals surface area (Å²) in [7, 11) is 1.78. The Kier molecular flexibility index (Phi) is 3.61. The molecule has 0 saturated carbocycles. The number of halogens is 1. The topological polar surface area (TPSA) is 32.3 Å². The van der Waals surface area contributed by atoms with Crippen LogP contribution in [0.5, 0.6) is 0 Å². The largest absolute Gasteiger partial charge is 0.384 e. The average Bonchev–Trinajstić information content (AvgIpc) is 2.19. The van der Waals surface area contributed by atoms with Crippen molar-refractivity contribution in [2.75, 3.05) is 13.6 Å². The second kappa shape index (κ2) is 4.53. The molecule has 1 aromatic rings. The molecule has 0 aliphatic heterocycles. The van der Waals surface area contributed by atoms with Crippen LogP contribution in [0.25, 0.3) is 0 Å². The second-order valence-corrected chi connectivity index (χ2v) is 3.42. The van der Waals surface area contributed by atoms with Gasteiger partial charge < -0.3 is 10.4 Å². The number of nitrogens with one attached hydrogen (secondary N) is 1. The highest BCUT2D eigenvalue weighted by molar-refractivity contribution is 5.23. The predicted molar refractivity (Wildman–Crippen MR) is 54.5 cm³/mol. The van der Waals surface area contributed by atoms with Gasteiger partial charge in [-0.25, -0.2) is 4.39 Å². The minimum Gasteiger partial charge on any atom is -0.384 e. The highest BCUT2D eigenvalue weighted by Gasteiger charge is 2.25. The van der Waals surface area contributed by atoms with Crippen LogP contribution in [0.15, 0.2) is 24.3 Å². The Morgan fingerprint density at radius 1 is 1.36 bits per heavy atom. The molecule has 0 heterocycles. The first-order chi connectivity index (χ1) is 6.62. The first-order valence-corrected chi connectivity index (χ1v) is 4.75. The van der Waals surface area contributed by atoms with Gasteiger partial charge in [0.05, 0.1) is 0 Å². The van der Waals surface area contributed by atoms with E-state index in [1.807, 2.05) is 6.92 Å². The molecule has 78 valence electrons. The van der Waals surface area contributed by atoms with E-state index in [0.29, 0.717) is 13.0 Å². The van der Waals surface area contributed by atoms with Gasteiger partial charge in [-0.05, 0) is 31.2 Å². The first kappa shape index (κ1) is 11.1. The van der Waals surface area contributed by atoms with Crippen molar-refractivity contribution in [3.05, 3.63) is 35.6 Å². The Hall–Kier alpha value is -0.930. The smallest absolute Gasteiger partial charge is 0.123 e. The summed E-state index contributed by atoms with van der Waals surface area (Å²) in [5.41, 5.74) is -0.154. The van der Waals surface area contributed by atoms with Crippen molar-refractivity contribution < 1.29 is 9.50 Å². The molecule has 0 aromatic heterocycles. The molecule has 2 N–H and O–H groups in total. The summed E-state index contributed by atoms with van der Waals surface area (Å²) < 4.78 is 12.7. The third-order valence-corrected chi connectivity index (χ3v) is 2.44. The molecule has 3 heteroatoms. The van der Waals surface area contributed by atoms with Crippen molar-refractivity contribution in [1.82, 2.24) is 5.32 Å². The fourth-order valence-corrected chi connectivity index (χ4v) is 1.48. The molecule has 0 fully saturated rings. The van der Waals surface area contributed by atoms with Crippen LogP contribution in [0.1, 0.15) is 18.9 Å². The fraction of sp³-hybridized carbons (Fsp3) is 0.455. The summed E-state index contributed by atoms with van der Waals surface area (Å²) >= 11 is 0. The Morgan fingerprint density at radius 3 is 2.36 bits per heavy atom. The van der Waals surface area contributed by atoms with Crippen molar-refractivity contribution in [1.29, 1.82) is 0 Å². The van der Waals surface area contributed by atoms with E-state index in [0.717, 1.165) is 5.56 Å². The third kappa shape index (κ3) is 2.30. The van der Waals surface area contributed by atoms with Crippen molar-refractivity contribution in [3.8, 4) is 0 Å². The van der Waals surface area contributed by atoms with Crippen molar-refractivity contribution in [3.63, 3.8) is 0 Å². The van der Waals surface area contributed by atoms with E-state index in [-0.39, 0.29) is 5.82 Å². The molecule has 1 unspecified atom stereocenters. The normalized spacial score (nSPS) is 15.1. The van der Waals surface area contributed by atoms with Crippen molar-refractivity contribution in [2.24, 2.45) is 0 Å². The summed E-state index contributed by atoms with van der Waals surface area (Å²) in [5.74, 6) is -0.281. The quantitative estimate of drug-likeness (QED) is 0.769. The molecule has 2 nitrogen and oxygen atoms in total. The van der Waals surface area contributed by atoms with E-state index in [1.165, 1.54) is 12.1 Å². The van der Waals surface area contributed by atoms with Crippen molar-refractivity contribution >= 4 is 0 Å². The fourth-order valence-electron chi connectivity index (χ4n) is 1.48. The van der Waals surface area contributed by atoms with Gasteiger partial charge in [0, 0.05) is 6.54 Å². The Morgan fingerprint density at radius 2 is 1.93 bits per heavy atom. The van der Waals surface area contributed by atoms with Crippen LogP contribution in [0.4, 0.5) is 4.39 Å². The lowest BCUT2D eigenvalue weighted by molar-refractivity contribution is 0.0346.